The van der Waals surface area contributed by atoms with Gasteiger partial charge in [-0.05, 0) is 54.8 Å². The molecule has 2 aromatic heterocycles. The van der Waals surface area contributed by atoms with Crippen LogP contribution in [0.25, 0.3) is 16.6 Å². The van der Waals surface area contributed by atoms with Crippen molar-refractivity contribution in [1.82, 2.24) is 20.1 Å². The van der Waals surface area contributed by atoms with Crippen LogP contribution in [0, 0.1) is 5.82 Å². The van der Waals surface area contributed by atoms with Gasteiger partial charge in [0, 0.05) is 22.2 Å². The Labute approximate surface area is 205 Å². The van der Waals surface area contributed by atoms with Gasteiger partial charge in [0.15, 0.2) is 0 Å². The number of carbonyl (C=O) groups is 2. The minimum atomic E-state index is -0.425. The van der Waals surface area contributed by atoms with Gasteiger partial charge in [-0.15, -0.1) is 11.8 Å². The van der Waals surface area contributed by atoms with Crippen LogP contribution >= 0.6 is 11.8 Å². The van der Waals surface area contributed by atoms with E-state index in [-0.39, 0.29) is 17.7 Å². The molecular formula is C26H23FN4O3S. The monoisotopic (exact) mass is 490 g/mol. The van der Waals surface area contributed by atoms with Gasteiger partial charge in [0.1, 0.15) is 5.82 Å². The number of esters is 1. The molecule has 0 unspecified atom stereocenters. The van der Waals surface area contributed by atoms with Gasteiger partial charge in [-0.2, -0.15) is 5.10 Å². The highest BCUT2D eigenvalue weighted by Gasteiger charge is 2.46. The zero-order chi connectivity index (χ0) is 24.4. The van der Waals surface area contributed by atoms with Gasteiger partial charge in [-0.25, -0.2) is 9.07 Å². The van der Waals surface area contributed by atoms with Crippen molar-refractivity contribution in [3.8, 4) is 5.69 Å². The molecule has 0 saturated heterocycles. The van der Waals surface area contributed by atoms with E-state index in [1.807, 2.05) is 18.2 Å². The zero-order valence-electron chi connectivity index (χ0n) is 19.0. The van der Waals surface area contributed by atoms with E-state index in [9.17, 15) is 14.0 Å². The largest absolute Gasteiger partial charge is 0.469 e. The number of benzene rings is 2. The van der Waals surface area contributed by atoms with Crippen LogP contribution < -0.4 is 5.32 Å². The van der Waals surface area contributed by atoms with Crippen molar-refractivity contribution in [2.45, 2.75) is 29.7 Å². The minimum Gasteiger partial charge on any atom is -0.469 e. The number of amides is 1. The van der Waals surface area contributed by atoms with Crippen molar-refractivity contribution < 1.29 is 18.7 Å². The molecule has 2 aromatic carbocycles. The first-order valence-corrected chi connectivity index (χ1v) is 12.2. The molecule has 1 saturated carbocycles. The summed E-state index contributed by atoms with van der Waals surface area (Å²) in [5.74, 6) is -0.154. The Balaban J connectivity index is 1.35. The second kappa shape index (κ2) is 9.50. The highest BCUT2D eigenvalue weighted by molar-refractivity contribution is 7.99. The maximum atomic E-state index is 13.3. The van der Waals surface area contributed by atoms with E-state index >= 15 is 0 Å². The second-order valence-electron chi connectivity index (χ2n) is 8.39. The van der Waals surface area contributed by atoms with Crippen LogP contribution in [0.4, 0.5) is 4.39 Å². The lowest BCUT2D eigenvalue weighted by Gasteiger charge is -2.19. The predicted octanol–water partition coefficient (Wildman–Crippen LogP) is 4.63. The Kier molecular flexibility index (Phi) is 6.25. The minimum absolute atomic E-state index is 0.219. The van der Waals surface area contributed by atoms with Crippen LogP contribution in [0.5, 0.6) is 0 Å². The number of methoxy groups -OCH3 is 1. The number of hydrogen-bond acceptors (Lipinski definition) is 6. The highest BCUT2D eigenvalue weighted by Crippen LogP contribution is 2.46. The van der Waals surface area contributed by atoms with Crippen molar-refractivity contribution in [3.05, 3.63) is 84.1 Å². The smallest absolute Gasteiger partial charge is 0.306 e. The molecule has 1 aliphatic rings. The third-order valence-corrected chi connectivity index (χ3v) is 7.10. The molecule has 35 heavy (non-hydrogen) atoms. The number of fused-ring (bicyclic) bond motifs is 1. The standard InChI is InChI=1S/C26H23FN4O3S/c1-34-24(32)9-12-35-20-4-2-3-17(13-20)26(10-11-26)30-25(33)22-14-28-16-23-21(22)15-29-31(23)19-7-5-18(27)6-8-19/h2-8,13-16H,9-12H2,1H3,(H,30,33). The summed E-state index contributed by atoms with van der Waals surface area (Å²) < 4.78 is 19.7. The van der Waals surface area contributed by atoms with E-state index in [0.717, 1.165) is 23.3 Å². The number of rotatable bonds is 8. The first kappa shape index (κ1) is 23.0. The molecule has 1 aliphatic carbocycles. The Morgan fingerprint density at radius 2 is 1.94 bits per heavy atom. The second-order valence-corrected chi connectivity index (χ2v) is 9.56. The molecule has 1 fully saturated rings. The number of aromatic nitrogens is 3. The Morgan fingerprint density at radius 3 is 2.69 bits per heavy atom. The maximum absolute atomic E-state index is 13.3. The average Bonchev–Trinajstić information content (AvgIpc) is 3.53. The molecule has 1 amide bonds. The first-order chi connectivity index (χ1) is 17.0. The number of carbonyl (C=O) groups excluding carboxylic acids is 2. The van der Waals surface area contributed by atoms with E-state index in [0.29, 0.717) is 34.3 Å². The Morgan fingerprint density at radius 1 is 1.14 bits per heavy atom. The average molecular weight is 491 g/mol. The summed E-state index contributed by atoms with van der Waals surface area (Å²) >= 11 is 1.58. The topological polar surface area (TPSA) is 86.1 Å². The third-order valence-electron chi connectivity index (χ3n) is 6.10. The van der Waals surface area contributed by atoms with Crippen molar-refractivity contribution in [1.29, 1.82) is 0 Å². The molecule has 2 heterocycles. The Hall–Kier alpha value is -3.72. The van der Waals surface area contributed by atoms with Crippen molar-refractivity contribution >= 4 is 34.5 Å². The molecule has 0 spiro atoms. The van der Waals surface area contributed by atoms with Gasteiger partial charge in [0.25, 0.3) is 5.91 Å². The summed E-state index contributed by atoms with van der Waals surface area (Å²) in [6.07, 6.45) is 6.84. The predicted molar refractivity (Wildman–Crippen MR) is 131 cm³/mol. The SMILES string of the molecule is COC(=O)CCSc1cccc(C2(NC(=O)c3cncc4c3cnn4-c3ccc(F)cc3)CC2)c1. The fourth-order valence-electron chi connectivity index (χ4n) is 4.04. The van der Waals surface area contributed by atoms with E-state index in [4.69, 9.17) is 4.74 Å². The lowest BCUT2D eigenvalue weighted by molar-refractivity contribution is -0.140. The van der Waals surface area contributed by atoms with Gasteiger partial charge in [-0.1, -0.05) is 12.1 Å². The molecule has 0 bridgehead atoms. The molecule has 5 rings (SSSR count). The molecule has 0 radical (unpaired) electrons. The molecule has 9 heteroatoms. The molecule has 1 N–H and O–H groups in total. The van der Waals surface area contributed by atoms with Crippen LogP contribution in [0.3, 0.4) is 0 Å². The van der Waals surface area contributed by atoms with Crippen LogP contribution in [0.1, 0.15) is 35.2 Å². The zero-order valence-corrected chi connectivity index (χ0v) is 19.8. The number of nitrogens with zero attached hydrogens (tertiary/aromatic N) is 3. The summed E-state index contributed by atoms with van der Waals surface area (Å²) in [6, 6.07) is 14.0. The summed E-state index contributed by atoms with van der Waals surface area (Å²) in [4.78, 5) is 30.0. The number of hydrogen-bond donors (Lipinski definition) is 1. The fourth-order valence-corrected chi connectivity index (χ4v) is 4.93. The van der Waals surface area contributed by atoms with Crippen molar-refractivity contribution in [2.24, 2.45) is 0 Å². The number of halogens is 1. The van der Waals surface area contributed by atoms with Crippen LogP contribution in [0.2, 0.25) is 0 Å². The molecule has 4 aromatic rings. The van der Waals surface area contributed by atoms with Crippen LogP contribution in [-0.4, -0.2) is 39.5 Å². The van der Waals surface area contributed by atoms with Gasteiger partial charge < -0.3 is 10.1 Å². The van der Waals surface area contributed by atoms with E-state index in [1.165, 1.54) is 19.2 Å². The summed E-state index contributed by atoms with van der Waals surface area (Å²) in [6.45, 7) is 0. The quantitative estimate of drug-likeness (QED) is 0.286. The number of nitrogens with one attached hydrogen (secondary N) is 1. The normalized spacial score (nSPS) is 14.0. The van der Waals surface area contributed by atoms with Crippen molar-refractivity contribution in [3.63, 3.8) is 0 Å². The molecule has 0 aliphatic heterocycles. The van der Waals surface area contributed by atoms with Gasteiger partial charge >= 0.3 is 5.97 Å². The first-order valence-electron chi connectivity index (χ1n) is 11.2. The van der Waals surface area contributed by atoms with Gasteiger partial charge in [0.05, 0.1) is 48.2 Å². The third kappa shape index (κ3) is 4.77. The lowest BCUT2D eigenvalue weighted by Crippen LogP contribution is -2.35. The van der Waals surface area contributed by atoms with E-state index < -0.39 is 5.54 Å². The van der Waals surface area contributed by atoms with Gasteiger partial charge in [-0.3, -0.25) is 14.6 Å². The van der Waals surface area contributed by atoms with Gasteiger partial charge in [0.2, 0.25) is 0 Å². The number of ether oxygens (including phenoxy) is 1. The molecule has 7 nitrogen and oxygen atoms in total. The molecule has 178 valence electrons. The summed E-state index contributed by atoms with van der Waals surface area (Å²) in [7, 11) is 1.39. The van der Waals surface area contributed by atoms with Crippen LogP contribution in [0.15, 0.2) is 72.0 Å². The number of thioether (sulfide) groups is 1. The Bertz CT molecular complexity index is 1400. The number of pyridine rings is 1. The van der Waals surface area contributed by atoms with Crippen LogP contribution in [-0.2, 0) is 15.1 Å². The molecule has 0 atom stereocenters. The summed E-state index contributed by atoms with van der Waals surface area (Å²) in [5.41, 5.74) is 2.39. The molecular weight excluding hydrogens is 467 g/mol. The summed E-state index contributed by atoms with van der Waals surface area (Å²) in [5, 5.41) is 8.29. The highest BCUT2D eigenvalue weighted by atomic mass is 32.2. The maximum Gasteiger partial charge on any atom is 0.306 e. The van der Waals surface area contributed by atoms with E-state index in [1.54, 1.807) is 47.2 Å². The van der Waals surface area contributed by atoms with E-state index in [2.05, 4.69) is 21.5 Å². The fraction of sp³-hybridized carbons (Fsp3) is 0.231. The lowest BCUT2D eigenvalue weighted by atomic mass is 10.0. The van der Waals surface area contributed by atoms with Crippen molar-refractivity contribution in [2.75, 3.05) is 12.9 Å².